The lowest BCUT2D eigenvalue weighted by Gasteiger charge is -2.08. The van der Waals surface area contributed by atoms with Gasteiger partial charge in [-0.05, 0) is 64.1 Å². The van der Waals surface area contributed by atoms with Crippen LogP contribution in [0.5, 0.6) is 0 Å². The van der Waals surface area contributed by atoms with Crippen molar-refractivity contribution in [1.29, 1.82) is 0 Å². The quantitative estimate of drug-likeness (QED) is 0.232. The Morgan fingerprint density at radius 2 is 1.52 bits per heavy atom. The zero-order chi connectivity index (χ0) is 19.8. The number of aromatic nitrogens is 3. The molecule has 0 aliphatic carbocycles. The van der Waals surface area contributed by atoms with Crippen molar-refractivity contribution < 1.29 is 4.39 Å². The Balaban J connectivity index is 1.70. The molecule has 1 aromatic heterocycles. The summed E-state index contributed by atoms with van der Waals surface area (Å²) in [4.78, 5) is 0. The molecule has 1 N–H and O–H groups in total. The van der Waals surface area contributed by atoms with Gasteiger partial charge in [-0.3, -0.25) is 0 Å². The molecule has 0 fully saturated rings. The Kier molecular flexibility index (Phi) is 4.26. The monoisotopic (exact) mass is 398 g/mol. The van der Waals surface area contributed by atoms with Gasteiger partial charge >= 0.3 is 0 Å². The minimum absolute atomic E-state index is 0.305. The van der Waals surface area contributed by atoms with E-state index in [2.05, 4.69) is 45.6 Å². The summed E-state index contributed by atoms with van der Waals surface area (Å²) in [6.07, 6.45) is 1.81. The number of nitrogens with one attached hydrogen (secondary N) is 1. The second-order valence-corrected chi connectivity index (χ2v) is 7.03. The van der Waals surface area contributed by atoms with Crippen molar-refractivity contribution in [3.05, 3.63) is 95.0 Å². The number of fused-ring (bicyclic) bond motifs is 2. The van der Waals surface area contributed by atoms with E-state index in [1.807, 2.05) is 30.5 Å². The largest absolute Gasteiger partial charge is 0.250 e. The maximum absolute atomic E-state index is 13.3. The van der Waals surface area contributed by atoms with E-state index in [0.29, 0.717) is 10.6 Å². The molecule has 6 heteroatoms. The van der Waals surface area contributed by atoms with Crippen LogP contribution in [0.15, 0.2) is 84.0 Å². The van der Waals surface area contributed by atoms with Gasteiger partial charge in [0.25, 0.3) is 0 Å². The molecule has 5 rings (SSSR count). The molecule has 5 aromatic rings. The number of hydrogen-bond donors (Lipinski definition) is 1. The minimum Gasteiger partial charge on any atom is -0.250 e. The van der Waals surface area contributed by atoms with Crippen LogP contribution >= 0.6 is 12.2 Å². The van der Waals surface area contributed by atoms with E-state index in [0.717, 1.165) is 32.7 Å². The van der Waals surface area contributed by atoms with E-state index in [4.69, 9.17) is 12.2 Å². The molecule has 0 saturated heterocycles. The van der Waals surface area contributed by atoms with Gasteiger partial charge in [0.15, 0.2) is 5.82 Å². The maximum atomic E-state index is 13.3. The van der Waals surface area contributed by atoms with Gasteiger partial charge in [0.1, 0.15) is 5.82 Å². The van der Waals surface area contributed by atoms with Crippen LogP contribution in [0.1, 0.15) is 5.56 Å². The second kappa shape index (κ2) is 7.07. The van der Waals surface area contributed by atoms with E-state index in [-0.39, 0.29) is 5.82 Å². The van der Waals surface area contributed by atoms with Gasteiger partial charge in [0.2, 0.25) is 4.77 Å². The van der Waals surface area contributed by atoms with Gasteiger partial charge in [-0.1, -0.05) is 48.5 Å². The van der Waals surface area contributed by atoms with Gasteiger partial charge < -0.3 is 0 Å². The van der Waals surface area contributed by atoms with Crippen molar-refractivity contribution >= 4 is 40.0 Å². The normalized spacial score (nSPS) is 11.6. The minimum atomic E-state index is -0.305. The zero-order valence-electron chi connectivity index (χ0n) is 15.2. The molecule has 0 atom stereocenters. The third-order valence-corrected chi connectivity index (χ3v) is 5.13. The Morgan fingerprint density at radius 1 is 0.897 bits per heavy atom. The summed E-state index contributed by atoms with van der Waals surface area (Å²) in [5.74, 6) is 0.218. The van der Waals surface area contributed by atoms with Gasteiger partial charge in [-0.25, -0.2) is 9.49 Å². The Labute approximate surface area is 170 Å². The first-order chi connectivity index (χ1) is 14.2. The molecule has 0 saturated carbocycles. The summed E-state index contributed by atoms with van der Waals surface area (Å²) in [6, 6.07) is 24.7. The number of nitrogens with zero attached hydrogens (tertiary/aromatic N) is 3. The van der Waals surface area contributed by atoms with Crippen LogP contribution < -0.4 is 0 Å². The van der Waals surface area contributed by atoms with Crippen LogP contribution in [-0.2, 0) is 0 Å². The molecular weight excluding hydrogens is 383 g/mol. The molecule has 0 amide bonds. The van der Waals surface area contributed by atoms with E-state index in [9.17, 15) is 4.39 Å². The van der Waals surface area contributed by atoms with Crippen LogP contribution in [0.2, 0.25) is 0 Å². The molecule has 4 nitrogen and oxygen atoms in total. The van der Waals surface area contributed by atoms with Crippen LogP contribution in [-0.4, -0.2) is 21.1 Å². The van der Waals surface area contributed by atoms with Crippen molar-refractivity contribution in [2.24, 2.45) is 5.10 Å². The number of halogens is 1. The summed E-state index contributed by atoms with van der Waals surface area (Å²) >= 11 is 5.36. The molecule has 4 aromatic carbocycles. The zero-order valence-corrected chi connectivity index (χ0v) is 16.0. The lowest BCUT2D eigenvalue weighted by Crippen LogP contribution is -1.96. The van der Waals surface area contributed by atoms with E-state index in [1.165, 1.54) is 12.1 Å². The van der Waals surface area contributed by atoms with Crippen molar-refractivity contribution in [2.45, 2.75) is 0 Å². The summed E-state index contributed by atoms with van der Waals surface area (Å²) in [5.41, 5.74) is 1.73. The lowest BCUT2D eigenvalue weighted by atomic mass is 9.97. The van der Waals surface area contributed by atoms with Crippen molar-refractivity contribution in [2.75, 3.05) is 0 Å². The SMILES string of the molecule is Fc1ccc(-c2n[nH]c(=S)n2/N=C\c2c3ccccc3cc3ccccc23)cc1. The van der Waals surface area contributed by atoms with Crippen LogP contribution in [0.4, 0.5) is 4.39 Å². The first-order valence-electron chi connectivity index (χ1n) is 9.09. The summed E-state index contributed by atoms with van der Waals surface area (Å²) in [6.45, 7) is 0. The van der Waals surface area contributed by atoms with Gasteiger partial charge in [-0.15, -0.1) is 0 Å². The van der Waals surface area contributed by atoms with Crippen LogP contribution in [0, 0.1) is 10.6 Å². The molecule has 0 radical (unpaired) electrons. The smallest absolute Gasteiger partial charge is 0.216 e. The highest BCUT2D eigenvalue weighted by Crippen LogP contribution is 2.27. The van der Waals surface area contributed by atoms with E-state index < -0.39 is 0 Å². The molecule has 140 valence electrons. The van der Waals surface area contributed by atoms with E-state index in [1.54, 1.807) is 16.8 Å². The lowest BCUT2D eigenvalue weighted by molar-refractivity contribution is 0.628. The van der Waals surface area contributed by atoms with E-state index >= 15 is 0 Å². The van der Waals surface area contributed by atoms with Gasteiger partial charge in [0, 0.05) is 11.1 Å². The first kappa shape index (κ1) is 17.5. The number of aromatic amines is 1. The highest BCUT2D eigenvalue weighted by molar-refractivity contribution is 7.71. The average Bonchev–Trinajstić information content (AvgIpc) is 3.12. The Hall–Kier alpha value is -3.64. The molecule has 0 unspecified atom stereocenters. The van der Waals surface area contributed by atoms with Crippen LogP contribution in [0.25, 0.3) is 32.9 Å². The molecule has 0 bridgehead atoms. The summed E-state index contributed by atoms with van der Waals surface area (Å²) in [5, 5.41) is 16.2. The molecule has 1 heterocycles. The Morgan fingerprint density at radius 3 is 2.17 bits per heavy atom. The summed E-state index contributed by atoms with van der Waals surface area (Å²) < 4.78 is 15.2. The predicted molar refractivity (Wildman–Crippen MR) is 117 cm³/mol. The number of benzene rings is 4. The fourth-order valence-electron chi connectivity index (χ4n) is 3.49. The molecule has 29 heavy (non-hydrogen) atoms. The molecule has 0 aliphatic rings. The first-order valence-corrected chi connectivity index (χ1v) is 9.50. The highest BCUT2D eigenvalue weighted by Gasteiger charge is 2.10. The third-order valence-electron chi connectivity index (χ3n) is 4.87. The van der Waals surface area contributed by atoms with Gasteiger partial charge in [0.05, 0.1) is 6.21 Å². The fourth-order valence-corrected chi connectivity index (χ4v) is 3.67. The average molecular weight is 398 g/mol. The number of rotatable bonds is 3. The molecule has 0 spiro atoms. The third kappa shape index (κ3) is 3.13. The molecule has 0 aliphatic heterocycles. The number of hydrogen-bond acceptors (Lipinski definition) is 3. The number of H-pyrrole nitrogens is 1. The van der Waals surface area contributed by atoms with Gasteiger partial charge in [-0.2, -0.15) is 14.9 Å². The van der Waals surface area contributed by atoms with Crippen molar-refractivity contribution in [3.63, 3.8) is 0 Å². The second-order valence-electron chi connectivity index (χ2n) is 6.65. The topological polar surface area (TPSA) is 46.0 Å². The standard InChI is InChI=1S/C23H15FN4S/c24-18-11-9-15(10-12-18)22-26-27-23(29)28(22)25-14-21-19-7-3-1-5-16(19)13-17-6-2-4-8-20(17)21/h1-14H,(H,27,29)/b25-14-. The van der Waals surface area contributed by atoms with Crippen LogP contribution in [0.3, 0.4) is 0 Å². The highest BCUT2D eigenvalue weighted by atomic mass is 32.1. The predicted octanol–water partition coefficient (Wildman–Crippen LogP) is 5.94. The van der Waals surface area contributed by atoms with Crippen molar-refractivity contribution in [3.8, 4) is 11.4 Å². The molecular formula is C23H15FN4S. The van der Waals surface area contributed by atoms with Crippen molar-refractivity contribution in [1.82, 2.24) is 14.9 Å². The fraction of sp³-hybridized carbons (Fsp3) is 0. The maximum Gasteiger partial charge on any atom is 0.216 e. The summed E-state index contributed by atoms with van der Waals surface area (Å²) in [7, 11) is 0. The Bertz CT molecular complexity index is 1380.